The highest BCUT2D eigenvalue weighted by Gasteiger charge is 2.45. The molecule has 30 heavy (non-hydrogen) atoms. The first-order valence-corrected chi connectivity index (χ1v) is 9.69. The Morgan fingerprint density at radius 2 is 1.50 bits per heavy atom. The molecule has 0 fully saturated rings. The van der Waals surface area contributed by atoms with Gasteiger partial charge in [-0.25, -0.2) is 9.18 Å². The van der Waals surface area contributed by atoms with Crippen LogP contribution in [0.2, 0.25) is 10.0 Å². The minimum absolute atomic E-state index is 0.0373. The van der Waals surface area contributed by atoms with Crippen LogP contribution < -0.4 is 0 Å². The molecular formula is C21H16Cl2FNO5. The number of hydrogen-bond acceptors (Lipinski definition) is 5. The second-order valence-corrected chi connectivity index (χ2v) is 7.83. The Balaban J connectivity index is 1.79. The normalized spacial score (nSPS) is 14.1. The third kappa shape index (κ3) is 4.08. The summed E-state index contributed by atoms with van der Waals surface area (Å²) in [6.45, 7) is 2.66. The number of rotatable bonds is 6. The van der Waals surface area contributed by atoms with Crippen molar-refractivity contribution >= 4 is 46.8 Å². The number of nitrogens with zero attached hydrogens (tertiary/aromatic N) is 1. The van der Waals surface area contributed by atoms with E-state index in [-0.39, 0.29) is 26.7 Å². The van der Waals surface area contributed by atoms with Crippen molar-refractivity contribution in [1.29, 1.82) is 0 Å². The lowest BCUT2D eigenvalue weighted by Gasteiger charge is -2.27. The average Bonchev–Trinajstić information content (AvgIpc) is 2.92. The molecule has 2 amide bonds. The first-order valence-electron chi connectivity index (χ1n) is 8.94. The molecule has 0 N–H and O–H groups in total. The summed E-state index contributed by atoms with van der Waals surface area (Å²) in [5.74, 6) is -3.86. The van der Waals surface area contributed by atoms with Crippen molar-refractivity contribution in [2.75, 3.05) is 6.61 Å². The Morgan fingerprint density at radius 1 is 1.00 bits per heavy atom. The van der Waals surface area contributed by atoms with Crippen LogP contribution >= 0.6 is 23.2 Å². The Labute approximate surface area is 181 Å². The van der Waals surface area contributed by atoms with E-state index in [1.807, 2.05) is 0 Å². The number of Topliss-reactive ketones (excluding diaryl/α,β-unsaturated/α-hetero) is 1. The van der Waals surface area contributed by atoms with Gasteiger partial charge in [0.2, 0.25) is 0 Å². The predicted octanol–water partition coefficient (Wildman–Crippen LogP) is 4.18. The quantitative estimate of drug-likeness (QED) is 0.373. The van der Waals surface area contributed by atoms with Crippen LogP contribution in [-0.4, -0.2) is 41.1 Å². The average molecular weight is 452 g/mol. The van der Waals surface area contributed by atoms with Gasteiger partial charge in [-0.15, -0.1) is 0 Å². The van der Waals surface area contributed by atoms with Gasteiger partial charge in [-0.3, -0.25) is 19.3 Å². The number of ketones is 1. The molecule has 156 valence electrons. The van der Waals surface area contributed by atoms with Crippen molar-refractivity contribution < 1.29 is 28.3 Å². The van der Waals surface area contributed by atoms with Gasteiger partial charge >= 0.3 is 5.97 Å². The van der Waals surface area contributed by atoms with E-state index in [9.17, 15) is 23.6 Å². The number of amides is 2. The molecule has 1 aliphatic rings. The molecule has 9 heteroatoms. The van der Waals surface area contributed by atoms with Crippen LogP contribution in [0.25, 0.3) is 0 Å². The van der Waals surface area contributed by atoms with Crippen molar-refractivity contribution in [2.24, 2.45) is 5.92 Å². The first kappa shape index (κ1) is 21.9. The summed E-state index contributed by atoms with van der Waals surface area (Å²) in [7, 11) is 0. The van der Waals surface area contributed by atoms with E-state index >= 15 is 0 Å². The van der Waals surface area contributed by atoms with Crippen LogP contribution in [0.15, 0.2) is 36.4 Å². The monoisotopic (exact) mass is 451 g/mol. The SMILES string of the molecule is CC(C)C(C(=O)OCC(=O)c1ccc(F)cc1)N1C(=O)c2cc(Cl)c(Cl)cc2C1=O. The first-order chi connectivity index (χ1) is 14.1. The summed E-state index contributed by atoms with van der Waals surface area (Å²) in [6, 6.07) is 6.06. The van der Waals surface area contributed by atoms with E-state index in [1.165, 1.54) is 24.3 Å². The second kappa shape index (κ2) is 8.53. The van der Waals surface area contributed by atoms with Gasteiger partial charge in [0.15, 0.2) is 12.4 Å². The number of carbonyl (C=O) groups excluding carboxylic acids is 4. The van der Waals surface area contributed by atoms with Crippen LogP contribution in [0, 0.1) is 11.7 Å². The van der Waals surface area contributed by atoms with Gasteiger partial charge in [-0.1, -0.05) is 37.0 Å². The number of benzene rings is 2. The molecule has 1 heterocycles. The van der Waals surface area contributed by atoms with Crippen LogP contribution in [-0.2, 0) is 9.53 Å². The summed E-state index contributed by atoms with van der Waals surface area (Å²) in [4.78, 5) is 51.3. The van der Waals surface area contributed by atoms with E-state index in [4.69, 9.17) is 27.9 Å². The molecule has 0 aromatic heterocycles. The molecule has 0 aliphatic carbocycles. The van der Waals surface area contributed by atoms with Gasteiger partial charge in [0.1, 0.15) is 11.9 Å². The van der Waals surface area contributed by atoms with Crippen molar-refractivity contribution in [2.45, 2.75) is 19.9 Å². The minimum Gasteiger partial charge on any atom is -0.456 e. The maximum atomic E-state index is 13.0. The third-order valence-corrected chi connectivity index (χ3v) is 5.34. The summed E-state index contributed by atoms with van der Waals surface area (Å²) in [6.07, 6.45) is 0. The number of halogens is 3. The summed E-state index contributed by atoms with van der Waals surface area (Å²) in [5, 5.41) is 0.207. The fourth-order valence-electron chi connectivity index (χ4n) is 3.12. The molecule has 3 rings (SSSR count). The Hall–Kier alpha value is -2.77. The zero-order valence-corrected chi connectivity index (χ0v) is 17.5. The van der Waals surface area contributed by atoms with Crippen LogP contribution in [0.5, 0.6) is 0 Å². The number of hydrogen-bond donors (Lipinski definition) is 0. The van der Waals surface area contributed by atoms with Gasteiger partial charge in [0, 0.05) is 5.56 Å². The standard InChI is InChI=1S/C21H16Cl2FNO5/c1-10(2)18(21(29)30-9-17(26)11-3-5-12(24)6-4-11)25-19(27)13-7-15(22)16(23)8-14(13)20(25)28/h3-8,10,18H,9H2,1-2H3. The number of esters is 1. The molecule has 1 unspecified atom stereocenters. The predicted molar refractivity (Wildman–Crippen MR) is 107 cm³/mol. The lowest BCUT2D eigenvalue weighted by Crippen LogP contribution is -2.49. The zero-order valence-electron chi connectivity index (χ0n) is 15.9. The molecule has 0 saturated heterocycles. The van der Waals surface area contributed by atoms with Gasteiger partial charge < -0.3 is 4.74 Å². The zero-order chi connectivity index (χ0) is 22.2. The highest BCUT2D eigenvalue weighted by molar-refractivity contribution is 6.43. The number of carbonyl (C=O) groups is 4. The summed E-state index contributed by atoms with van der Waals surface area (Å²) >= 11 is 11.9. The van der Waals surface area contributed by atoms with Gasteiger partial charge in [-0.05, 0) is 42.3 Å². The molecule has 2 aromatic rings. The fraction of sp³-hybridized carbons (Fsp3) is 0.238. The smallest absolute Gasteiger partial charge is 0.330 e. The minimum atomic E-state index is -1.25. The maximum Gasteiger partial charge on any atom is 0.330 e. The van der Waals surface area contributed by atoms with Crippen LogP contribution in [0.4, 0.5) is 4.39 Å². The highest BCUT2D eigenvalue weighted by atomic mass is 35.5. The van der Waals surface area contributed by atoms with Crippen molar-refractivity contribution in [3.05, 3.63) is 69.0 Å². The van der Waals surface area contributed by atoms with Gasteiger partial charge in [-0.2, -0.15) is 0 Å². The lowest BCUT2D eigenvalue weighted by molar-refractivity contribution is -0.148. The van der Waals surface area contributed by atoms with Crippen molar-refractivity contribution in [3.63, 3.8) is 0 Å². The van der Waals surface area contributed by atoms with Crippen molar-refractivity contribution in [1.82, 2.24) is 4.90 Å². The topological polar surface area (TPSA) is 80.8 Å². The third-order valence-electron chi connectivity index (χ3n) is 4.62. The lowest BCUT2D eigenvalue weighted by atomic mass is 10.0. The Bertz CT molecular complexity index is 1010. The van der Waals surface area contributed by atoms with Crippen LogP contribution in [0.3, 0.4) is 0 Å². The largest absolute Gasteiger partial charge is 0.456 e. The molecule has 0 spiro atoms. The van der Waals surface area contributed by atoms with Gasteiger partial charge in [0.05, 0.1) is 21.2 Å². The van der Waals surface area contributed by atoms with Crippen molar-refractivity contribution in [3.8, 4) is 0 Å². The molecule has 1 aliphatic heterocycles. The molecule has 6 nitrogen and oxygen atoms in total. The Morgan fingerprint density at radius 3 is 1.97 bits per heavy atom. The van der Waals surface area contributed by atoms with E-state index in [1.54, 1.807) is 13.8 Å². The summed E-state index contributed by atoms with van der Waals surface area (Å²) < 4.78 is 18.1. The Kier molecular flexibility index (Phi) is 6.24. The second-order valence-electron chi connectivity index (χ2n) is 7.02. The number of fused-ring (bicyclic) bond motifs is 1. The molecular weight excluding hydrogens is 436 g/mol. The summed E-state index contributed by atoms with van der Waals surface area (Å²) in [5.41, 5.74) is 0.237. The maximum absolute atomic E-state index is 13.0. The van der Waals surface area contributed by atoms with E-state index in [2.05, 4.69) is 0 Å². The van der Waals surface area contributed by atoms with Gasteiger partial charge in [0.25, 0.3) is 11.8 Å². The van der Waals surface area contributed by atoms with E-state index in [0.29, 0.717) is 0 Å². The van der Waals surface area contributed by atoms with Crippen LogP contribution in [0.1, 0.15) is 44.9 Å². The molecule has 1 atom stereocenters. The van der Waals surface area contributed by atoms with E-state index < -0.39 is 48.0 Å². The number of ether oxygens (including phenoxy) is 1. The number of imide groups is 1. The molecule has 2 aromatic carbocycles. The molecule has 0 radical (unpaired) electrons. The molecule has 0 saturated carbocycles. The molecule has 0 bridgehead atoms. The fourth-order valence-corrected chi connectivity index (χ4v) is 3.45. The highest BCUT2D eigenvalue weighted by Crippen LogP contribution is 2.33. The van der Waals surface area contributed by atoms with E-state index in [0.717, 1.165) is 17.0 Å².